The molecule has 3 aliphatic rings. The van der Waals surface area contributed by atoms with Crippen molar-refractivity contribution >= 4 is 5.97 Å². The molecule has 0 N–H and O–H groups in total. The van der Waals surface area contributed by atoms with Crippen molar-refractivity contribution in [3.8, 4) is 0 Å². The topological polar surface area (TPSA) is 44.8 Å². The molecule has 0 aromatic carbocycles. The van der Waals surface area contributed by atoms with Gasteiger partial charge in [-0.15, -0.1) is 0 Å². The van der Waals surface area contributed by atoms with Gasteiger partial charge in [0, 0.05) is 6.42 Å². The van der Waals surface area contributed by atoms with Gasteiger partial charge >= 0.3 is 5.97 Å². The number of carbonyl (C=O) groups is 1. The lowest BCUT2D eigenvalue weighted by Crippen LogP contribution is -2.42. The Morgan fingerprint density at radius 2 is 1.80 bits per heavy atom. The summed E-state index contributed by atoms with van der Waals surface area (Å²) in [7, 11) is 0. The first kappa shape index (κ1) is 9.60. The SMILES string of the molecule is CC1(C)O[C@@H]2C[C@]3(C)CC(OC3=O)[C@@H]2O1. The van der Waals surface area contributed by atoms with Crippen molar-refractivity contribution in [2.75, 3.05) is 0 Å². The second-order valence-electron chi connectivity index (χ2n) is 5.55. The summed E-state index contributed by atoms with van der Waals surface area (Å²) in [6.45, 7) is 5.77. The largest absolute Gasteiger partial charge is 0.459 e. The molecule has 1 saturated carbocycles. The third-order valence-corrected chi connectivity index (χ3v) is 3.64. The fraction of sp³-hybridized carbons (Fsp3) is 0.909. The van der Waals surface area contributed by atoms with Crippen LogP contribution in [0.1, 0.15) is 33.6 Å². The fourth-order valence-corrected chi connectivity index (χ4v) is 2.98. The third-order valence-electron chi connectivity index (χ3n) is 3.64. The second kappa shape index (κ2) is 2.55. The molecule has 2 heterocycles. The molecule has 15 heavy (non-hydrogen) atoms. The van der Waals surface area contributed by atoms with E-state index in [1.807, 2.05) is 20.8 Å². The molecule has 0 amide bonds. The molecule has 0 spiro atoms. The molecular formula is C11H16O4. The first-order valence-electron chi connectivity index (χ1n) is 5.46. The molecule has 4 nitrogen and oxygen atoms in total. The number of hydrogen-bond acceptors (Lipinski definition) is 4. The maximum atomic E-state index is 11.6. The summed E-state index contributed by atoms with van der Waals surface area (Å²) in [5.41, 5.74) is -0.352. The Balaban J connectivity index is 1.90. The molecule has 2 saturated heterocycles. The van der Waals surface area contributed by atoms with Crippen molar-refractivity contribution in [1.82, 2.24) is 0 Å². The van der Waals surface area contributed by atoms with Crippen molar-refractivity contribution in [1.29, 1.82) is 0 Å². The Bertz CT molecular complexity index is 325. The first-order valence-corrected chi connectivity index (χ1v) is 5.46. The zero-order chi connectivity index (χ0) is 10.8. The van der Waals surface area contributed by atoms with E-state index < -0.39 is 5.79 Å². The summed E-state index contributed by atoms with van der Waals surface area (Å²) >= 11 is 0. The van der Waals surface area contributed by atoms with Gasteiger partial charge < -0.3 is 14.2 Å². The molecule has 0 radical (unpaired) electrons. The molecule has 0 aromatic heterocycles. The van der Waals surface area contributed by atoms with Gasteiger partial charge in [0.1, 0.15) is 12.2 Å². The molecule has 1 aliphatic carbocycles. The van der Waals surface area contributed by atoms with E-state index in [1.54, 1.807) is 0 Å². The average molecular weight is 212 g/mol. The minimum atomic E-state index is -0.539. The van der Waals surface area contributed by atoms with Gasteiger partial charge in [-0.1, -0.05) is 0 Å². The molecule has 2 aliphatic heterocycles. The zero-order valence-electron chi connectivity index (χ0n) is 9.28. The first-order chi connectivity index (χ1) is 6.90. The van der Waals surface area contributed by atoms with Crippen molar-refractivity contribution in [3.05, 3.63) is 0 Å². The maximum Gasteiger partial charge on any atom is 0.312 e. The van der Waals surface area contributed by atoms with E-state index in [1.165, 1.54) is 0 Å². The number of carbonyl (C=O) groups excluding carboxylic acids is 1. The van der Waals surface area contributed by atoms with Gasteiger partial charge in [-0.25, -0.2) is 0 Å². The van der Waals surface area contributed by atoms with Crippen LogP contribution in [0.15, 0.2) is 0 Å². The Morgan fingerprint density at radius 1 is 1.13 bits per heavy atom. The van der Waals surface area contributed by atoms with Gasteiger partial charge in [0.25, 0.3) is 0 Å². The molecule has 2 bridgehead atoms. The van der Waals surface area contributed by atoms with Gasteiger partial charge in [-0.05, 0) is 27.2 Å². The van der Waals surface area contributed by atoms with Crippen LogP contribution in [0.25, 0.3) is 0 Å². The fourth-order valence-electron chi connectivity index (χ4n) is 2.98. The van der Waals surface area contributed by atoms with E-state index in [-0.39, 0.29) is 29.7 Å². The Labute approximate surface area is 88.9 Å². The van der Waals surface area contributed by atoms with Crippen molar-refractivity contribution < 1.29 is 19.0 Å². The van der Waals surface area contributed by atoms with E-state index >= 15 is 0 Å². The maximum absolute atomic E-state index is 11.6. The average Bonchev–Trinajstić information content (AvgIpc) is 2.50. The summed E-state index contributed by atoms with van der Waals surface area (Å²) < 4.78 is 16.9. The number of rotatable bonds is 0. The Kier molecular flexibility index (Phi) is 1.63. The third kappa shape index (κ3) is 1.24. The van der Waals surface area contributed by atoms with E-state index in [4.69, 9.17) is 14.2 Å². The summed E-state index contributed by atoms with van der Waals surface area (Å²) in [6, 6.07) is 0. The van der Waals surface area contributed by atoms with Crippen molar-refractivity contribution in [2.45, 2.75) is 57.7 Å². The lowest BCUT2D eigenvalue weighted by atomic mass is 9.74. The van der Waals surface area contributed by atoms with E-state index in [2.05, 4.69) is 0 Å². The lowest BCUT2D eigenvalue weighted by molar-refractivity contribution is -0.168. The quantitative estimate of drug-likeness (QED) is 0.566. The molecule has 84 valence electrons. The van der Waals surface area contributed by atoms with Gasteiger partial charge in [0.05, 0.1) is 11.5 Å². The highest BCUT2D eigenvalue weighted by molar-refractivity contribution is 5.79. The molecule has 3 fully saturated rings. The minimum absolute atomic E-state index is 0.00944. The zero-order valence-corrected chi connectivity index (χ0v) is 9.28. The number of esters is 1. The van der Waals surface area contributed by atoms with E-state index in [9.17, 15) is 4.79 Å². The van der Waals surface area contributed by atoms with Gasteiger partial charge in [0.15, 0.2) is 5.79 Å². The smallest absolute Gasteiger partial charge is 0.312 e. The van der Waals surface area contributed by atoms with Gasteiger partial charge in [-0.2, -0.15) is 0 Å². The van der Waals surface area contributed by atoms with Crippen molar-refractivity contribution in [3.63, 3.8) is 0 Å². The molecule has 3 rings (SSSR count). The van der Waals surface area contributed by atoms with Crippen LogP contribution in [0.4, 0.5) is 0 Å². The summed E-state index contributed by atoms with van der Waals surface area (Å²) in [4.78, 5) is 11.6. The lowest BCUT2D eigenvalue weighted by Gasteiger charge is -2.30. The van der Waals surface area contributed by atoms with Crippen LogP contribution in [0.5, 0.6) is 0 Å². The van der Waals surface area contributed by atoms with Gasteiger partial charge in [-0.3, -0.25) is 4.79 Å². The predicted molar refractivity (Wildman–Crippen MR) is 51.0 cm³/mol. The number of fused-ring (bicyclic) bond motifs is 4. The van der Waals surface area contributed by atoms with Crippen LogP contribution >= 0.6 is 0 Å². The summed E-state index contributed by atoms with van der Waals surface area (Å²) in [6.07, 6.45) is 1.32. The van der Waals surface area contributed by atoms with Crippen LogP contribution in [0.2, 0.25) is 0 Å². The van der Waals surface area contributed by atoms with Crippen LogP contribution < -0.4 is 0 Å². The monoisotopic (exact) mass is 212 g/mol. The predicted octanol–water partition coefficient (Wildman–Crippen LogP) is 1.23. The Morgan fingerprint density at radius 3 is 2.53 bits per heavy atom. The minimum Gasteiger partial charge on any atom is -0.459 e. The van der Waals surface area contributed by atoms with E-state index in [0.29, 0.717) is 0 Å². The number of ether oxygens (including phenoxy) is 3. The van der Waals surface area contributed by atoms with Crippen LogP contribution in [-0.2, 0) is 19.0 Å². The second-order valence-corrected chi connectivity index (χ2v) is 5.55. The molecule has 4 atom stereocenters. The van der Waals surface area contributed by atoms with E-state index in [0.717, 1.165) is 12.8 Å². The highest BCUT2D eigenvalue weighted by atomic mass is 16.8. The van der Waals surface area contributed by atoms with Crippen LogP contribution in [-0.4, -0.2) is 30.1 Å². The summed E-state index contributed by atoms with van der Waals surface area (Å²) in [5, 5.41) is 0. The Hall–Kier alpha value is -0.610. The van der Waals surface area contributed by atoms with Gasteiger partial charge in [0.2, 0.25) is 0 Å². The molecule has 4 heteroatoms. The molecular weight excluding hydrogens is 196 g/mol. The van der Waals surface area contributed by atoms with Crippen molar-refractivity contribution in [2.24, 2.45) is 5.41 Å². The molecule has 1 unspecified atom stereocenters. The number of hydrogen-bond donors (Lipinski definition) is 0. The highest BCUT2D eigenvalue weighted by Crippen LogP contribution is 2.50. The van der Waals surface area contributed by atoms with Crippen LogP contribution in [0.3, 0.4) is 0 Å². The van der Waals surface area contributed by atoms with Crippen LogP contribution in [0, 0.1) is 5.41 Å². The highest BCUT2D eigenvalue weighted by Gasteiger charge is 2.60. The standard InChI is InChI=1S/C11H16O4/c1-10(2)14-7-5-11(3)4-6(8(7)15-10)13-9(11)12/h6-8H,4-5H2,1-3H3/t6?,7-,8+,11+/m1/s1. The normalized spacial score (nSPS) is 51.4. The molecule has 0 aromatic rings. The summed E-state index contributed by atoms with van der Waals surface area (Å²) in [5.74, 6) is -0.630.